The molecule has 0 amide bonds. The monoisotopic (exact) mass is 389 g/mol. The van der Waals surface area contributed by atoms with Gasteiger partial charge in [0.15, 0.2) is 0 Å². The average Bonchev–Trinajstić information content (AvgIpc) is 3.37. The Bertz CT molecular complexity index is 558. The fourth-order valence-corrected chi connectivity index (χ4v) is 3.61. The van der Waals surface area contributed by atoms with Gasteiger partial charge in [0.1, 0.15) is 11.6 Å². The number of nitrogens with zero attached hydrogens (tertiary/aromatic N) is 4. The molecule has 1 saturated heterocycles. The van der Waals surface area contributed by atoms with E-state index < -0.39 is 0 Å². The highest BCUT2D eigenvalue weighted by Gasteiger charge is 2.33. The van der Waals surface area contributed by atoms with Crippen LogP contribution in [0.1, 0.15) is 49.0 Å². The first kappa shape index (κ1) is 20.6. The van der Waals surface area contributed by atoms with Gasteiger partial charge in [-0.1, -0.05) is 0 Å². The Hall–Kier alpha value is -0.660. The van der Waals surface area contributed by atoms with Gasteiger partial charge >= 0.3 is 0 Å². The van der Waals surface area contributed by atoms with Crippen LogP contribution in [-0.4, -0.2) is 65.3 Å². The molecule has 4 rings (SSSR count). The van der Waals surface area contributed by atoms with E-state index in [4.69, 9.17) is 20.8 Å². The van der Waals surface area contributed by atoms with Crippen molar-refractivity contribution in [3.63, 3.8) is 0 Å². The molecule has 1 aliphatic heterocycles. The summed E-state index contributed by atoms with van der Waals surface area (Å²) in [6, 6.07) is 2.55. The highest BCUT2D eigenvalue weighted by atomic mass is 35.5. The minimum absolute atomic E-state index is 0. The molecule has 142 valence electrons. The fourth-order valence-electron chi connectivity index (χ4n) is 3.61. The molecule has 3 fully saturated rings. The van der Waals surface area contributed by atoms with Crippen molar-refractivity contribution < 1.29 is 5.11 Å². The van der Waals surface area contributed by atoms with Crippen molar-refractivity contribution in [2.24, 2.45) is 5.73 Å². The highest BCUT2D eigenvalue weighted by Crippen LogP contribution is 2.41. The van der Waals surface area contributed by atoms with Gasteiger partial charge in [0.25, 0.3) is 0 Å². The maximum absolute atomic E-state index is 9.07. The molecule has 0 unspecified atom stereocenters. The van der Waals surface area contributed by atoms with E-state index in [1.54, 1.807) is 0 Å². The number of aliphatic hydroxyl groups excluding tert-OH is 1. The first-order valence-electron chi connectivity index (χ1n) is 8.95. The lowest BCUT2D eigenvalue weighted by Gasteiger charge is -2.36. The zero-order valence-electron chi connectivity index (χ0n) is 14.5. The third kappa shape index (κ3) is 4.74. The molecule has 25 heavy (non-hydrogen) atoms. The quantitative estimate of drug-likeness (QED) is 0.794. The minimum atomic E-state index is 0. The van der Waals surface area contributed by atoms with Crippen LogP contribution in [0.25, 0.3) is 0 Å². The van der Waals surface area contributed by atoms with Crippen molar-refractivity contribution in [3.05, 3.63) is 17.6 Å². The average molecular weight is 390 g/mol. The topological polar surface area (TPSA) is 78.5 Å². The number of halogens is 2. The Morgan fingerprint density at radius 1 is 1.04 bits per heavy atom. The van der Waals surface area contributed by atoms with E-state index in [0.717, 1.165) is 57.2 Å². The van der Waals surface area contributed by atoms with Gasteiger partial charge in [-0.05, 0) is 25.7 Å². The number of β-amino-alcohol motifs (C(OH)–C–C–N with tert-alkyl or cyclic N) is 1. The summed E-state index contributed by atoms with van der Waals surface area (Å²) in [5, 5.41) is 9.07. The van der Waals surface area contributed by atoms with Gasteiger partial charge in [-0.3, -0.25) is 4.90 Å². The largest absolute Gasteiger partial charge is 0.395 e. The van der Waals surface area contributed by atoms with Crippen LogP contribution in [0.15, 0.2) is 6.07 Å². The molecular weight excluding hydrogens is 361 g/mol. The summed E-state index contributed by atoms with van der Waals surface area (Å²) in [5.74, 6) is 3.26. The van der Waals surface area contributed by atoms with E-state index in [2.05, 4.69) is 15.9 Å². The Morgan fingerprint density at radius 2 is 1.72 bits per heavy atom. The zero-order chi connectivity index (χ0) is 15.8. The number of aromatic nitrogens is 2. The van der Waals surface area contributed by atoms with Gasteiger partial charge in [0.05, 0.1) is 6.61 Å². The molecule has 3 N–H and O–H groups in total. The number of nitrogens with two attached hydrogens (primary N) is 1. The summed E-state index contributed by atoms with van der Waals surface area (Å²) in [4.78, 5) is 14.4. The number of aliphatic hydroxyl groups is 1. The summed E-state index contributed by atoms with van der Waals surface area (Å²) < 4.78 is 0. The van der Waals surface area contributed by atoms with Crippen LogP contribution in [0.4, 0.5) is 5.82 Å². The van der Waals surface area contributed by atoms with Crippen molar-refractivity contribution in [2.45, 2.75) is 43.6 Å². The number of hydrogen-bond acceptors (Lipinski definition) is 6. The van der Waals surface area contributed by atoms with Crippen LogP contribution < -0.4 is 10.6 Å². The molecule has 0 radical (unpaired) electrons. The van der Waals surface area contributed by atoms with Crippen LogP contribution in [0.5, 0.6) is 0 Å². The third-order valence-electron chi connectivity index (χ3n) is 5.40. The Labute approximate surface area is 162 Å². The Kier molecular flexibility index (Phi) is 7.29. The smallest absolute Gasteiger partial charge is 0.134 e. The van der Waals surface area contributed by atoms with Gasteiger partial charge in [-0.15, -0.1) is 24.8 Å². The van der Waals surface area contributed by atoms with Crippen LogP contribution >= 0.6 is 24.8 Å². The standard InChI is InChI=1S/C17H27N5O.2ClH/c18-14-9-13(10-14)15-11-16(20-17(19-15)12-1-2-12)22-5-3-21(4-6-22)7-8-23;;/h11-14,23H,1-10,18H2;2*1H. The molecule has 0 bridgehead atoms. The molecule has 8 heteroatoms. The molecular formula is C17H29Cl2N5O. The van der Waals surface area contributed by atoms with Crippen LogP contribution in [-0.2, 0) is 0 Å². The predicted molar refractivity (Wildman–Crippen MR) is 104 cm³/mol. The maximum atomic E-state index is 9.07. The maximum Gasteiger partial charge on any atom is 0.134 e. The number of hydrogen-bond donors (Lipinski definition) is 2. The summed E-state index contributed by atoms with van der Waals surface area (Å²) in [6.45, 7) is 4.96. The van der Waals surface area contributed by atoms with E-state index in [-0.39, 0.29) is 31.4 Å². The van der Waals surface area contributed by atoms with Crippen molar-refractivity contribution in [1.29, 1.82) is 0 Å². The van der Waals surface area contributed by atoms with E-state index in [0.29, 0.717) is 17.9 Å². The normalized spacial score (nSPS) is 26.4. The number of anilines is 1. The Balaban J connectivity index is 0.00000113. The summed E-state index contributed by atoms with van der Waals surface area (Å²) in [5.41, 5.74) is 7.17. The molecule has 1 aromatic heterocycles. The molecule has 2 heterocycles. The molecule has 1 aromatic rings. The van der Waals surface area contributed by atoms with Crippen molar-refractivity contribution >= 4 is 30.6 Å². The second-order valence-electron chi connectivity index (χ2n) is 7.26. The molecule has 3 aliphatic rings. The van der Waals surface area contributed by atoms with Crippen molar-refractivity contribution in [2.75, 3.05) is 44.2 Å². The van der Waals surface area contributed by atoms with Crippen LogP contribution in [0, 0.1) is 0 Å². The number of rotatable bonds is 5. The van der Waals surface area contributed by atoms with E-state index in [1.165, 1.54) is 18.5 Å². The van der Waals surface area contributed by atoms with Gasteiger partial charge in [0, 0.05) is 62.4 Å². The first-order chi connectivity index (χ1) is 11.2. The SMILES string of the molecule is Cl.Cl.NC1CC(c2cc(N3CCN(CCO)CC3)nc(C3CC3)n2)C1. The summed E-state index contributed by atoms with van der Waals surface area (Å²) >= 11 is 0. The lowest BCUT2D eigenvalue weighted by atomic mass is 9.78. The van der Waals surface area contributed by atoms with E-state index >= 15 is 0 Å². The van der Waals surface area contributed by atoms with Crippen molar-refractivity contribution in [3.8, 4) is 0 Å². The molecule has 0 atom stereocenters. The summed E-state index contributed by atoms with van der Waals surface area (Å²) in [6.07, 6.45) is 4.59. The lowest BCUT2D eigenvalue weighted by molar-refractivity contribution is 0.188. The highest BCUT2D eigenvalue weighted by molar-refractivity contribution is 5.85. The molecule has 0 spiro atoms. The second kappa shape index (κ2) is 8.82. The first-order valence-corrected chi connectivity index (χ1v) is 8.95. The minimum Gasteiger partial charge on any atom is -0.395 e. The third-order valence-corrected chi connectivity index (χ3v) is 5.40. The van der Waals surface area contributed by atoms with E-state index in [1.807, 2.05) is 0 Å². The molecule has 0 aromatic carbocycles. The zero-order valence-corrected chi connectivity index (χ0v) is 16.1. The van der Waals surface area contributed by atoms with Gasteiger partial charge in [-0.2, -0.15) is 0 Å². The summed E-state index contributed by atoms with van der Waals surface area (Å²) in [7, 11) is 0. The fraction of sp³-hybridized carbons (Fsp3) is 0.765. The lowest BCUT2D eigenvalue weighted by Crippen LogP contribution is -2.47. The second-order valence-corrected chi connectivity index (χ2v) is 7.26. The van der Waals surface area contributed by atoms with Gasteiger partial charge in [0.2, 0.25) is 0 Å². The molecule has 2 aliphatic carbocycles. The molecule has 2 saturated carbocycles. The molecule has 6 nitrogen and oxygen atoms in total. The predicted octanol–water partition coefficient (Wildman–Crippen LogP) is 1.52. The Morgan fingerprint density at radius 3 is 2.28 bits per heavy atom. The van der Waals surface area contributed by atoms with Crippen LogP contribution in [0.3, 0.4) is 0 Å². The van der Waals surface area contributed by atoms with Gasteiger partial charge in [-0.25, -0.2) is 9.97 Å². The van der Waals surface area contributed by atoms with Gasteiger partial charge < -0.3 is 15.7 Å². The number of piperazine rings is 1. The van der Waals surface area contributed by atoms with Crippen molar-refractivity contribution in [1.82, 2.24) is 14.9 Å². The van der Waals surface area contributed by atoms with Crippen LogP contribution in [0.2, 0.25) is 0 Å². The van der Waals surface area contributed by atoms with E-state index in [9.17, 15) is 0 Å².